The molecular formula is C15H18N2O2. The van der Waals surface area contributed by atoms with Gasteiger partial charge in [-0.2, -0.15) is 0 Å². The predicted octanol–water partition coefficient (Wildman–Crippen LogP) is 1.91. The summed E-state index contributed by atoms with van der Waals surface area (Å²) in [5.41, 5.74) is 1.83. The van der Waals surface area contributed by atoms with E-state index >= 15 is 0 Å². The Bertz CT molecular complexity index is 485. The maximum absolute atomic E-state index is 10.0. The third-order valence-corrected chi connectivity index (χ3v) is 2.87. The second kappa shape index (κ2) is 6.87. The second-order valence-electron chi connectivity index (χ2n) is 4.24. The zero-order valence-corrected chi connectivity index (χ0v) is 10.9. The molecule has 0 aliphatic rings. The molecule has 19 heavy (non-hydrogen) atoms. The van der Waals surface area contributed by atoms with Crippen LogP contribution in [0, 0.1) is 0 Å². The molecule has 0 radical (unpaired) electrons. The highest BCUT2D eigenvalue weighted by atomic mass is 16.5. The summed E-state index contributed by atoms with van der Waals surface area (Å²) in [6, 6.07) is 13.2. The van der Waals surface area contributed by atoms with Crippen molar-refractivity contribution in [2.24, 2.45) is 0 Å². The van der Waals surface area contributed by atoms with Gasteiger partial charge in [0, 0.05) is 19.3 Å². The lowest BCUT2D eigenvalue weighted by atomic mass is 10.1. The van der Waals surface area contributed by atoms with E-state index in [0.29, 0.717) is 13.1 Å². The van der Waals surface area contributed by atoms with Crippen LogP contribution in [0.25, 0.3) is 0 Å². The normalized spacial score (nSPS) is 12.1. The Hall–Kier alpha value is -1.91. The van der Waals surface area contributed by atoms with Crippen molar-refractivity contribution in [3.05, 3.63) is 59.9 Å². The van der Waals surface area contributed by atoms with Gasteiger partial charge >= 0.3 is 0 Å². The van der Waals surface area contributed by atoms with Gasteiger partial charge in [-0.25, -0.2) is 0 Å². The lowest BCUT2D eigenvalue weighted by Gasteiger charge is -2.12. The summed E-state index contributed by atoms with van der Waals surface area (Å²) in [5, 5.41) is 13.2. The van der Waals surface area contributed by atoms with Crippen molar-refractivity contribution in [3.8, 4) is 5.75 Å². The Labute approximate surface area is 113 Å². The van der Waals surface area contributed by atoms with Gasteiger partial charge < -0.3 is 15.2 Å². The van der Waals surface area contributed by atoms with E-state index in [-0.39, 0.29) is 0 Å². The van der Waals surface area contributed by atoms with Gasteiger partial charge in [0.2, 0.25) is 0 Å². The van der Waals surface area contributed by atoms with E-state index in [1.165, 1.54) is 0 Å². The fourth-order valence-corrected chi connectivity index (χ4v) is 1.78. The first-order chi connectivity index (χ1) is 9.29. The number of ether oxygens (including phenoxy) is 1. The molecule has 0 spiro atoms. The molecule has 1 atom stereocenters. The van der Waals surface area contributed by atoms with Crippen LogP contribution >= 0.6 is 0 Å². The molecule has 2 rings (SSSR count). The Balaban J connectivity index is 1.82. The van der Waals surface area contributed by atoms with Gasteiger partial charge in [0.15, 0.2) is 0 Å². The summed E-state index contributed by atoms with van der Waals surface area (Å²) < 4.78 is 5.08. The van der Waals surface area contributed by atoms with Gasteiger partial charge in [-0.1, -0.05) is 18.2 Å². The maximum Gasteiger partial charge on any atom is 0.118 e. The molecule has 2 aromatic rings. The topological polar surface area (TPSA) is 54.4 Å². The highest BCUT2D eigenvalue weighted by Crippen LogP contribution is 2.16. The zero-order valence-electron chi connectivity index (χ0n) is 10.9. The summed E-state index contributed by atoms with van der Waals surface area (Å²) >= 11 is 0. The van der Waals surface area contributed by atoms with Crippen LogP contribution in [0.2, 0.25) is 0 Å². The molecule has 100 valence electrons. The van der Waals surface area contributed by atoms with Crippen LogP contribution in [-0.2, 0) is 6.54 Å². The van der Waals surface area contributed by atoms with E-state index in [2.05, 4.69) is 10.3 Å². The van der Waals surface area contributed by atoms with Crippen LogP contribution in [0.5, 0.6) is 5.75 Å². The average Bonchev–Trinajstić information content (AvgIpc) is 2.48. The number of hydrogen-bond donors (Lipinski definition) is 2. The standard InChI is InChI=1S/C15H18N2O2/c1-19-14-7-5-12(6-8-14)15(18)11-16-10-13-4-2-3-9-17-13/h2-9,15-16,18H,10-11H2,1H3/t15-/m0/s1. The molecule has 0 saturated heterocycles. The SMILES string of the molecule is COc1ccc([C@@H](O)CNCc2ccccn2)cc1. The number of nitrogens with one attached hydrogen (secondary N) is 1. The number of aromatic nitrogens is 1. The van der Waals surface area contributed by atoms with Crippen molar-refractivity contribution in [1.29, 1.82) is 0 Å². The first-order valence-corrected chi connectivity index (χ1v) is 6.22. The number of nitrogens with zero attached hydrogens (tertiary/aromatic N) is 1. The number of aliphatic hydroxyl groups excluding tert-OH is 1. The summed E-state index contributed by atoms with van der Waals surface area (Å²) in [7, 11) is 1.62. The van der Waals surface area contributed by atoms with Crippen LogP contribution in [0.15, 0.2) is 48.7 Å². The van der Waals surface area contributed by atoms with Crippen LogP contribution in [0.3, 0.4) is 0 Å². The molecule has 1 heterocycles. The summed E-state index contributed by atoms with van der Waals surface area (Å²) in [4.78, 5) is 4.21. The Kier molecular flexibility index (Phi) is 4.89. The van der Waals surface area contributed by atoms with E-state index in [1.807, 2.05) is 42.5 Å². The fourth-order valence-electron chi connectivity index (χ4n) is 1.78. The largest absolute Gasteiger partial charge is 0.497 e. The molecular weight excluding hydrogens is 240 g/mol. The predicted molar refractivity (Wildman–Crippen MR) is 73.9 cm³/mol. The highest BCUT2D eigenvalue weighted by molar-refractivity contribution is 5.28. The first-order valence-electron chi connectivity index (χ1n) is 6.22. The number of hydrogen-bond acceptors (Lipinski definition) is 4. The number of methoxy groups -OCH3 is 1. The van der Waals surface area contributed by atoms with E-state index in [0.717, 1.165) is 17.0 Å². The minimum atomic E-state index is -0.533. The number of aliphatic hydroxyl groups is 1. The monoisotopic (exact) mass is 258 g/mol. The molecule has 4 nitrogen and oxygen atoms in total. The van der Waals surface area contributed by atoms with Crippen molar-refractivity contribution in [2.45, 2.75) is 12.6 Å². The van der Waals surface area contributed by atoms with Crippen LogP contribution in [0.1, 0.15) is 17.4 Å². The third-order valence-electron chi connectivity index (χ3n) is 2.87. The minimum absolute atomic E-state index is 0.489. The van der Waals surface area contributed by atoms with Crippen molar-refractivity contribution < 1.29 is 9.84 Å². The molecule has 4 heteroatoms. The van der Waals surface area contributed by atoms with Gasteiger partial charge in [-0.15, -0.1) is 0 Å². The van der Waals surface area contributed by atoms with Gasteiger partial charge in [-0.05, 0) is 29.8 Å². The molecule has 0 aliphatic heterocycles. The van der Waals surface area contributed by atoms with Gasteiger partial charge in [-0.3, -0.25) is 4.98 Å². The Morgan fingerprint density at radius 2 is 2.00 bits per heavy atom. The summed E-state index contributed by atoms with van der Waals surface area (Å²) in [6.45, 7) is 1.14. The van der Waals surface area contributed by atoms with Crippen LogP contribution in [-0.4, -0.2) is 23.7 Å². The van der Waals surface area contributed by atoms with Gasteiger partial charge in [0.05, 0.1) is 18.9 Å². The minimum Gasteiger partial charge on any atom is -0.497 e. The molecule has 0 amide bonds. The number of rotatable bonds is 6. The van der Waals surface area contributed by atoms with Crippen molar-refractivity contribution in [3.63, 3.8) is 0 Å². The van der Waals surface area contributed by atoms with Gasteiger partial charge in [0.1, 0.15) is 5.75 Å². The molecule has 0 fully saturated rings. The zero-order chi connectivity index (χ0) is 13.5. The van der Waals surface area contributed by atoms with Crippen molar-refractivity contribution >= 4 is 0 Å². The molecule has 0 saturated carbocycles. The molecule has 1 aromatic carbocycles. The van der Waals surface area contributed by atoms with E-state index in [4.69, 9.17) is 4.74 Å². The quantitative estimate of drug-likeness (QED) is 0.831. The third kappa shape index (κ3) is 4.05. The molecule has 0 aliphatic carbocycles. The summed E-state index contributed by atoms with van der Waals surface area (Å²) in [6.07, 6.45) is 1.23. The molecule has 2 N–H and O–H groups in total. The first kappa shape index (κ1) is 13.5. The second-order valence-corrected chi connectivity index (χ2v) is 4.24. The number of pyridine rings is 1. The van der Waals surface area contributed by atoms with E-state index in [1.54, 1.807) is 13.3 Å². The lowest BCUT2D eigenvalue weighted by molar-refractivity contribution is 0.174. The summed E-state index contributed by atoms with van der Waals surface area (Å²) in [5.74, 6) is 0.789. The number of benzene rings is 1. The van der Waals surface area contributed by atoms with Crippen molar-refractivity contribution in [2.75, 3.05) is 13.7 Å². The molecule has 1 aromatic heterocycles. The van der Waals surface area contributed by atoms with Gasteiger partial charge in [0.25, 0.3) is 0 Å². The average molecular weight is 258 g/mol. The maximum atomic E-state index is 10.0. The van der Waals surface area contributed by atoms with Crippen LogP contribution < -0.4 is 10.1 Å². The van der Waals surface area contributed by atoms with E-state index < -0.39 is 6.10 Å². The van der Waals surface area contributed by atoms with E-state index in [9.17, 15) is 5.11 Å². The molecule has 0 bridgehead atoms. The highest BCUT2D eigenvalue weighted by Gasteiger charge is 2.07. The smallest absolute Gasteiger partial charge is 0.118 e. The Morgan fingerprint density at radius 1 is 1.21 bits per heavy atom. The van der Waals surface area contributed by atoms with Crippen LogP contribution in [0.4, 0.5) is 0 Å². The Morgan fingerprint density at radius 3 is 2.63 bits per heavy atom. The molecule has 0 unspecified atom stereocenters. The lowest BCUT2D eigenvalue weighted by Crippen LogP contribution is -2.21. The van der Waals surface area contributed by atoms with Crippen molar-refractivity contribution in [1.82, 2.24) is 10.3 Å². The fraction of sp³-hybridized carbons (Fsp3) is 0.267.